The molecule has 1 atom stereocenters. The minimum absolute atomic E-state index is 0.484. The molecule has 2 rings (SSSR count). The van der Waals surface area contributed by atoms with E-state index in [-0.39, 0.29) is 0 Å². The number of rotatable bonds is 2. The molecular weight excluding hydrogens is 204 g/mol. The van der Waals surface area contributed by atoms with Crippen molar-refractivity contribution >= 4 is 16.9 Å². The molecule has 0 amide bonds. The Balaban J connectivity index is 2.43. The number of nitrogens with zero attached hydrogens (tertiary/aromatic N) is 1. The summed E-state index contributed by atoms with van der Waals surface area (Å²) < 4.78 is 4.57. The highest BCUT2D eigenvalue weighted by Gasteiger charge is 2.17. The number of methoxy groups -OCH3 is 1. The molecule has 2 aromatic rings. The van der Waals surface area contributed by atoms with E-state index in [0.717, 1.165) is 10.9 Å². The quantitative estimate of drug-likeness (QED) is 0.771. The predicted molar refractivity (Wildman–Crippen MR) is 60.7 cm³/mol. The van der Waals surface area contributed by atoms with E-state index in [9.17, 15) is 4.79 Å². The first-order chi connectivity index (χ1) is 7.72. The van der Waals surface area contributed by atoms with Crippen molar-refractivity contribution in [2.24, 2.45) is 5.73 Å². The molecule has 0 aliphatic rings. The van der Waals surface area contributed by atoms with Gasteiger partial charge in [-0.15, -0.1) is 0 Å². The molecule has 1 aromatic heterocycles. The summed E-state index contributed by atoms with van der Waals surface area (Å²) in [6.07, 6.45) is 0. The molecule has 0 saturated carbocycles. The van der Waals surface area contributed by atoms with Crippen LogP contribution in [0.5, 0.6) is 0 Å². The van der Waals surface area contributed by atoms with Gasteiger partial charge in [-0.2, -0.15) is 0 Å². The first-order valence-corrected chi connectivity index (χ1v) is 4.91. The fourth-order valence-corrected chi connectivity index (χ4v) is 1.50. The second-order valence-corrected chi connectivity index (χ2v) is 3.43. The predicted octanol–water partition coefficient (Wildman–Crippen LogP) is 1.41. The molecule has 1 unspecified atom stereocenters. The third kappa shape index (κ3) is 1.87. The number of benzene rings is 1. The van der Waals surface area contributed by atoms with Crippen LogP contribution in [0.25, 0.3) is 10.9 Å². The number of nitrogens with two attached hydrogens (primary N) is 1. The van der Waals surface area contributed by atoms with Crippen LogP contribution in [0.3, 0.4) is 0 Å². The SMILES string of the molecule is COC(=O)C(N)c1ccc2ccccc2n1. The number of esters is 1. The van der Waals surface area contributed by atoms with Gasteiger partial charge >= 0.3 is 5.97 Å². The normalized spacial score (nSPS) is 12.4. The van der Waals surface area contributed by atoms with Gasteiger partial charge in [-0.1, -0.05) is 24.3 Å². The molecule has 16 heavy (non-hydrogen) atoms. The summed E-state index contributed by atoms with van der Waals surface area (Å²) in [5.41, 5.74) is 7.04. The first-order valence-electron chi connectivity index (χ1n) is 4.91. The van der Waals surface area contributed by atoms with E-state index >= 15 is 0 Å². The van der Waals surface area contributed by atoms with E-state index in [4.69, 9.17) is 5.73 Å². The van der Waals surface area contributed by atoms with Gasteiger partial charge in [0.05, 0.1) is 18.3 Å². The van der Waals surface area contributed by atoms with Gasteiger partial charge in [0.15, 0.2) is 0 Å². The van der Waals surface area contributed by atoms with Gasteiger partial charge in [0.2, 0.25) is 0 Å². The molecule has 4 nitrogen and oxygen atoms in total. The van der Waals surface area contributed by atoms with Crippen molar-refractivity contribution in [3.05, 3.63) is 42.1 Å². The van der Waals surface area contributed by atoms with Crippen LogP contribution in [-0.4, -0.2) is 18.1 Å². The van der Waals surface area contributed by atoms with E-state index in [2.05, 4.69) is 9.72 Å². The topological polar surface area (TPSA) is 65.2 Å². The summed E-state index contributed by atoms with van der Waals surface area (Å²) in [7, 11) is 1.31. The molecule has 2 N–H and O–H groups in total. The Morgan fingerprint density at radius 2 is 2.06 bits per heavy atom. The molecule has 0 bridgehead atoms. The zero-order valence-electron chi connectivity index (χ0n) is 8.88. The van der Waals surface area contributed by atoms with Gasteiger partial charge in [0.1, 0.15) is 6.04 Å². The summed E-state index contributed by atoms with van der Waals surface area (Å²) in [4.78, 5) is 15.6. The number of carbonyl (C=O) groups is 1. The van der Waals surface area contributed by atoms with Crippen LogP contribution in [0.15, 0.2) is 36.4 Å². The fraction of sp³-hybridized carbons (Fsp3) is 0.167. The van der Waals surface area contributed by atoms with Crippen LogP contribution in [-0.2, 0) is 9.53 Å². The maximum atomic E-state index is 11.3. The zero-order valence-corrected chi connectivity index (χ0v) is 8.88. The minimum atomic E-state index is -0.824. The zero-order chi connectivity index (χ0) is 11.5. The Hall–Kier alpha value is -1.94. The first kappa shape index (κ1) is 10.6. The molecular formula is C12H12N2O2. The van der Waals surface area contributed by atoms with E-state index in [1.54, 1.807) is 6.07 Å². The maximum Gasteiger partial charge on any atom is 0.328 e. The molecule has 0 aliphatic heterocycles. The van der Waals surface area contributed by atoms with Crippen molar-refractivity contribution in [1.29, 1.82) is 0 Å². The second kappa shape index (κ2) is 4.28. The largest absolute Gasteiger partial charge is 0.468 e. The molecule has 1 heterocycles. The summed E-state index contributed by atoms with van der Waals surface area (Å²) in [6.45, 7) is 0. The fourth-order valence-electron chi connectivity index (χ4n) is 1.50. The van der Waals surface area contributed by atoms with Crippen LogP contribution in [0, 0.1) is 0 Å². The lowest BCUT2D eigenvalue weighted by Gasteiger charge is -2.09. The average molecular weight is 216 g/mol. The van der Waals surface area contributed by atoms with Crippen LogP contribution in [0.4, 0.5) is 0 Å². The number of aromatic nitrogens is 1. The molecule has 0 radical (unpaired) electrons. The second-order valence-electron chi connectivity index (χ2n) is 3.43. The number of ether oxygens (including phenoxy) is 1. The summed E-state index contributed by atoms with van der Waals surface area (Å²) >= 11 is 0. The molecule has 82 valence electrons. The number of carbonyl (C=O) groups excluding carboxylic acids is 1. The van der Waals surface area contributed by atoms with Gasteiger partial charge < -0.3 is 10.5 Å². The van der Waals surface area contributed by atoms with Crippen LogP contribution in [0.2, 0.25) is 0 Å². The lowest BCUT2D eigenvalue weighted by atomic mass is 10.1. The highest BCUT2D eigenvalue weighted by molar-refractivity contribution is 5.81. The van der Waals surface area contributed by atoms with Crippen molar-refractivity contribution in [2.45, 2.75) is 6.04 Å². The number of hydrogen-bond donors (Lipinski definition) is 1. The molecule has 4 heteroatoms. The lowest BCUT2D eigenvalue weighted by molar-refractivity contribution is -0.142. The Labute approximate surface area is 93.0 Å². The number of para-hydroxylation sites is 1. The Morgan fingerprint density at radius 3 is 2.81 bits per heavy atom. The van der Waals surface area contributed by atoms with Crippen LogP contribution < -0.4 is 5.73 Å². The summed E-state index contributed by atoms with van der Waals surface area (Å²) in [5.74, 6) is -0.484. The highest BCUT2D eigenvalue weighted by atomic mass is 16.5. The lowest BCUT2D eigenvalue weighted by Crippen LogP contribution is -2.23. The van der Waals surface area contributed by atoms with Crippen molar-refractivity contribution in [3.8, 4) is 0 Å². The number of pyridine rings is 1. The van der Waals surface area contributed by atoms with Gasteiger partial charge in [-0.05, 0) is 12.1 Å². The van der Waals surface area contributed by atoms with Crippen LogP contribution in [0.1, 0.15) is 11.7 Å². The van der Waals surface area contributed by atoms with Gasteiger partial charge in [-0.25, -0.2) is 4.79 Å². The van der Waals surface area contributed by atoms with E-state index in [0.29, 0.717) is 5.69 Å². The van der Waals surface area contributed by atoms with E-state index in [1.165, 1.54) is 7.11 Å². The Bertz CT molecular complexity index is 525. The van der Waals surface area contributed by atoms with Crippen LogP contribution >= 0.6 is 0 Å². The third-order valence-corrected chi connectivity index (χ3v) is 2.39. The smallest absolute Gasteiger partial charge is 0.328 e. The Kier molecular flexibility index (Phi) is 2.83. The molecule has 0 saturated heterocycles. The van der Waals surface area contributed by atoms with Gasteiger partial charge in [0.25, 0.3) is 0 Å². The van der Waals surface area contributed by atoms with Crippen molar-refractivity contribution in [1.82, 2.24) is 4.98 Å². The van der Waals surface area contributed by atoms with Crippen molar-refractivity contribution in [2.75, 3.05) is 7.11 Å². The third-order valence-electron chi connectivity index (χ3n) is 2.39. The monoisotopic (exact) mass is 216 g/mol. The molecule has 0 spiro atoms. The molecule has 1 aromatic carbocycles. The van der Waals surface area contributed by atoms with E-state index in [1.807, 2.05) is 30.3 Å². The number of fused-ring (bicyclic) bond motifs is 1. The Morgan fingerprint density at radius 1 is 1.31 bits per heavy atom. The molecule has 0 aliphatic carbocycles. The highest BCUT2D eigenvalue weighted by Crippen LogP contribution is 2.15. The average Bonchev–Trinajstić information content (AvgIpc) is 2.36. The van der Waals surface area contributed by atoms with Gasteiger partial charge in [0, 0.05) is 5.39 Å². The standard InChI is InChI=1S/C12H12N2O2/c1-16-12(15)11(13)10-7-6-8-4-2-3-5-9(8)14-10/h2-7,11H,13H2,1H3. The minimum Gasteiger partial charge on any atom is -0.468 e. The van der Waals surface area contributed by atoms with Crippen molar-refractivity contribution < 1.29 is 9.53 Å². The van der Waals surface area contributed by atoms with E-state index < -0.39 is 12.0 Å². The summed E-state index contributed by atoms with van der Waals surface area (Å²) in [5, 5.41) is 1.02. The maximum absolute atomic E-state index is 11.3. The van der Waals surface area contributed by atoms with Crippen molar-refractivity contribution in [3.63, 3.8) is 0 Å². The summed E-state index contributed by atoms with van der Waals surface area (Å²) in [6, 6.07) is 10.5. The molecule has 0 fully saturated rings. The van der Waals surface area contributed by atoms with Gasteiger partial charge in [-0.3, -0.25) is 4.98 Å². The number of hydrogen-bond acceptors (Lipinski definition) is 4.